The molecule has 0 unspecified atom stereocenters. The highest BCUT2D eigenvalue weighted by molar-refractivity contribution is 5.81. The van der Waals surface area contributed by atoms with Crippen molar-refractivity contribution >= 4 is 17.0 Å². The van der Waals surface area contributed by atoms with E-state index >= 15 is 0 Å². The van der Waals surface area contributed by atoms with Crippen molar-refractivity contribution in [3.8, 4) is 0 Å². The Kier molecular flexibility index (Phi) is 6.80. The summed E-state index contributed by atoms with van der Waals surface area (Å²) < 4.78 is 21.2. The molecule has 3 aromatic carbocycles. The van der Waals surface area contributed by atoms with E-state index in [-0.39, 0.29) is 5.82 Å². The summed E-state index contributed by atoms with van der Waals surface area (Å²) in [5.41, 5.74) is 6.17. The topological polar surface area (TPSA) is 138 Å². The van der Waals surface area contributed by atoms with Crippen molar-refractivity contribution in [2.75, 3.05) is 26.6 Å². The molecule has 1 saturated heterocycles. The summed E-state index contributed by atoms with van der Waals surface area (Å²) in [7, 11) is 2.89. The molecule has 10 nitrogen and oxygen atoms in total. The van der Waals surface area contributed by atoms with E-state index in [0.29, 0.717) is 11.2 Å². The maximum Gasteiger partial charge on any atom is 0.248 e. The molecule has 210 valence electrons. The number of methoxy groups -OCH3 is 2. The summed E-state index contributed by atoms with van der Waals surface area (Å²) in [5.74, 6) is -1.75. The van der Waals surface area contributed by atoms with Gasteiger partial charge in [-0.05, 0) is 16.7 Å². The number of aromatic nitrogens is 4. The van der Waals surface area contributed by atoms with Gasteiger partial charge in [0.25, 0.3) is 0 Å². The number of hydrogen-bond donors (Lipinski definition) is 3. The van der Waals surface area contributed by atoms with Crippen LogP contribution in [0.2, 0.25) is 0 Å². The summed E-state index contributed by atoms with van der Waals surface area (Å²) >= 11 is 0. The van der Waals surface area contributed by atoms with E-state index in [1.54, 1.807) is 10.9 Å². The van der Waals surface area contributed by atoms with Crippen LogP contribution in [0.25, 0.3) is 11.2 Å². The van der Waals surface area contributed by atoms with E-state index in [9.17, 15) is 10.2 Å². The standard InChI is InChI=1S/C31H31N5O5/c1-39-30(40-2)26(38)24(18-37)41-31(30,36-20-35-25-27(32)33-19-34-28(25)36)29(21-12-6-3-7-13-21,22-14-8-4-9-15-22)23-16-10-5-11-17-23/h3-17,19-20,24,26,37-38H,18H2,1-2H3,(H2,32,33,34)/t24-,26-,31-/m1/s1. The fourth-order valence-electron chi connectivity index (χ4n) is 6.54. The van der Waals surface area contributed by atoms with E-state index in [1.165, 1.54) is 20.5 Å². The lowest BCUT2D eigenvalue weighted by Gasteiger charge is -2.55. The minimum atomic E-state index is -1.92. The lowest BCUT2D eigenvalue weighted by molar-refractivity contribution is -0.337. The summed E-state index contributed by atoms with van der Waals surface area (Å²) in [6.45, 7) is -0.518. The van der Waals surface area contributed by atoms with Crippen molar-refractivity contribution in [1.82, 2.24) is 19.5 Å². The lowest BCUT2D eigenvalue weighted by atomic mass is 9.59. The molecule has 3 heterocycles. The number of nitrogen functional groups attached to an aromatic ring is 1. The number of aliphatic hydroxyl groups is 2. The van der Waals surface area contributed by atoms with Crippen LogP contribution in [0.4, 0.5) is 5.82 Å². The Labute approximate surface area is 237 Å². The van der Waals surface area contributed by atoms with Gasteiger partial charge >= 0.3 is 0 Å². The molecule has 0 bridgehead atoms. The number of imidazole rings is 1. The summed E-state index contributed by atoms with van der Waals surface area (Å²) in [6, 6.07) is 29.3. The Bertz CT molecular complexity index is 1530. The molecule has 4 N–H and O–H groups in total. The van der Waals surface area contributed by atoms with Gasteiger partial charge in [-0.25, -0.2) is 15.0 Å². The first-order valence-corrected chi connectivity index (χ1v) is 13.2. The number of aliphatic hydroxyl groups excluding tert-OH is 2. The van der Waals surface area contributed by atoms with Gasteiger partial charge in [-0.1, -0.05) is 91.0 Å². The predicted molar refractivity (Wildman–Crippen MR) is 152 cm³/mol. The zero-order valence-electron chi connectivity index (χ0n) is 22.7. The first kappa shape index (κ1) is 27.0. The number of benzene rings is 3. The Hall–Kier alpha value is -4.19. The number of anilines is 1. The smallest absolute Gasteiger partial charge is 0.248 e. The number of rotatable bonds is 8. The van der Waals surface area contributed by atoms with Crippen molar-refractivity contribution < 1.29 is 24.4 Å². The molecule has 5 aromatic rings. The van der Waals surface area contributed by atoms with Gasteiger partial charge in [0.2, 0.25) is 11.5 Å². The molecular formula is C31H31N5O5. The fraction of sp³-hybridized carbons (Fsp3) is 0.258. The highest BCUT2D eigenvalue weighted by Gasteiger charge is 2.78. The number of nitrogens with zero attached hydrogens (tertiary/aromatic N) is 4. The number of ether oxygens (including phenoxy) is 3. The van der Waals surface area contributed by atoms with Crippen molar-refractivity contribution in [3.05, 3.63) is 120 Å². The molecule has 1 fully saturated rings. The predicted octanol–water partition coefficient (Wildman–Crippen LogP) is 2.84. The van der Waals surface area contributed by atoms with Gasteiger partial charge in [0.1, 0.15) is 24.1 Å². The van der Waals surface area contributed by atoms with Crippen LogP contribution in [-0.2, 0) is 25.4 Å². The molecule has 6 rings (SSSR count). The van der Waals surface area contributed by atoms with E-state index < -0.39 is 35.7 Å². The van der Waals surface area contributed by atoms with Crippen LogP contribution >= 0.6 is 0 Å². The van der Waals surface area contributed by atoms with Crippen LogP contribution in [0, 0.1) is 0 Å². The van der Waals surface area contributed by atoms with Gasteiger partial charge in [0, 0.05) is 14.2 Å². The van der Waals surface area contributed by atoms with E-state index in [2.05, 4.69) is 15.0 Å². The van der Waals surface area contributed by atoms with Gasteiger partial charge in [0.05, 0.1) is 18.3 Å². The second-order valence-electron chi connectivity index (χ2n) is 9.90. The van der Waals surface area contributed by atoms with Gasteiger partial charge in [-0.2, -0.15) is 0 Å². The van der Waals surface area contributed by atoms with Crippen molar-refractivity contribution in [3.63, 3.8) is 0 Å². The molecule has 1 aliphatic heterocycles. The van der Waals surface area contributed by atoms with Crippen LogP contribution in [-0.4, -0.2) is 68.6 Å². The Balaban J connectivity index is 1.91. The summed E-state index contributed by atoms with van der Waals surface area (Å²) in [5, 5.41) is 22.5. The molecule has 0 spiro atoms. The van der Waals surface area contributed by atoms with Crippen molar-refractivity contribution in [2.45, 2.75) is 29.1 Å². The van der Waals surface area contributed by atoms with Gasteiger partial charge in [-0.15, -0.1) is 0 Å². The Morgan fingerprint density at radius 3 is 1.83 bits per heavy atom. The van der Waals surface area contributed by atoms with Crippen LogP contribution in [0.3, 0.4) is 0 Å². The van der Waals surface area contributed by atoms with Gasteiger partial charge in [-0.3, -0.25) is 4.57 Å². The maximum atomic E-state index is 11.9. The lowest BCUT2D eigenvalue weighted by Crippen LogP contribution is -2.69. The third-order valence-electron chi connectivity index (χ3n) is 8.15. The molecule has 1 aliphatic rings. The summed E-state index contributed by atoms with van der Waals surface area (Å²) in [6.07, 6.45) is 0.310. The molecule has 0 amide bonds. The largest absolute Gasteiger partial charge is 0.394 e. The highest BCUT2D eigenvalue weighted by atomic mass is 16.7. The highest BCUT2D eigenvalue weighted by Crippen LogP contribution is 2.62. The van der Waals surface area contributed by atoms with Crippen molar-refractivity contribution in [2.24, 2.45) is 0 Å². The molecule has 41 heavy (non-hydrogen) atoms. The molecule has 0 saturated carbocycles. The molecule has 10 heteroatoms. The number of fused-ring (bicyclic) bond motifs is 1. The minimum absolute atomic E-state index is 0.173. The molecule has 2 aromatic heterocycles. The average Bonchev–Trinajstić information content (AvgIpc) is 3.58. The molecule has 3 atom stereocenters. The number of hydrogen-bond acceptors (Lipinski definition) is 9. The third kappa shape index (κ3) is 3.52. The second kappa shape index (κ2) is 10.3. The fourth-order valence-corrected chi connectivity index (χ4v) is 6.54. The first-order chi connectivity index (χ1) is 20.0. The zero-order valence-corrected chi connectivity index (χ0v) is 22.7. The average molecular weight is 554 g/mol. The minimum Gasteiger partial charge on any atom is -0.394 e. The van der Waals surface area contributed by atoms with Crippen LogP contribution in [0.15, 0.2) is 104 Å². The monoisotopic (exact) mass is 553 g/mol. The van der Waals surface area contributed by atoms with Gasteiger partial charge in [0.15, 0.2) is 11.5 Å². The van der Waals surface area contributed by atoms with E-state index in [0.717, 1.165) is 16.7 Å². The van der Waals surface area contributed by atoms with Gasteiger partial charge < -0.3 is 30.2 Å². The zero-order chi connectivity index (χ0) is 28.7. The normalized spacial score (nSPS) is 22.2. The second-order valence-corrected chi connectivity index (χ2v) is 9.90. The Morgan fingerprint density at radius 1 is 0.854 bits per heavy atom. The molecule has 0 radical (unpaired) electrons. The SMILES string of the molecule is COC1(OC)[C@H](O)[C@@H](CO)O[C@]1(n1cnc2c(N)ncnc21)C(c1ccccc1)(c1ccccc1)c1ccccc1. The van der Waals surface area contributed by atoms with Crippen LogP contribution in [0.1, 0.15) is 16.7 Å². The first-order valence-electron chi connectivity index (χ1n) is 13.2. The third-order valence-corrected chi connectivity index (χ3v) is 8.15. The van der Waals surface area contributed by atoms with E-state index in [1.807, 2.05) is 91.0 Å². The summed E-state index contributed by atoms with van der Waals surface area (Å²) in [4.78, 5) is 13.3. The molecular weight excluding hydrogens is 522 g/mol. The van der Waals surface area contributed by atoms with E-state index in [4.69, 9.17) is 19.9 Å². The maximum absolute atomic E-state index is 11.9. The van der Waals surface area contributed by atoms with Crippen molar-refractivity contribution in [1.29, 1.82) is 0 Å². The molecule has 0 aliphatic carbocycles. The Morgan fingerprint density at radius 2 is 1.37 bits per heavy atom. The van der Waals surface area contributed by atoms with Crippen LogP contribution in [0.5, 0.6) is 0 Å². The van der Waals surface area contributed by atoms with Crippen LogP contribution < -0.4 is 5.73 Å². The number of nitrogens with two attached hydrogens (primary N) is 1. The quantitative estimate of drug-likeness (QED) is 0.196.